The number of hydrogen-bond acceptors (Lipinski definition) is 7. The summed E-state index contributed by atoms with van der Waals surface area (Å²) in [4.78, 5) is 10.9. The SMILES string of the molecule is COc1nc(-c2cccc(-c3cccc(-c4nc5c(s4)CNCC5)c3Cl)c2Cl)ccc1CNCCO. The summed E-state index contributed by atoms with van der Waals surface area (Å²) >= 11 is 15.6. The molecule has 5 rings (SSSR count). The summed E-state index contributed by atoms with van der Waals surface area (Å²) in [6.07, 6.45) is 0.934. The van der Waals surface area contributed by atoms with E-state index in [2.05, 4.69) is 10.6 Å². The molecule has 0 unspecified atom stereocenters. The van der Waals surface area contributed by atoms with Crippen LogP contribution in [0, 0.1) is 0 Å². The fourth-order valence-corrected chi connectivity index (χ4v) is 6.12. The molecule has 36 heavy (non-hydrogen) atoms. The molecule has 6 nitrogen and oxygen atoms in total. The highest BCUT2D eigenvalue weighted by atomic mass is 35.5. The van der Waals surface area contributed by atoms with Crippen LogP contribution in [0.1, 0.15) is 16.1 Å². The van der Waals surface area contributed by atoms with E-state index in [1.165, 1.54) is 4.88 Å². The molecule has 0 saturated heterocycles. The van der Waals surface area contributed by atoms with Gasteiger partial charge in [-0.25, -0.2) is 9.97 Å². The first-order chi connectivity index (χ1) is 17.6. The van der Waals surface area contributed by atoms with Gasteiger partial charge < -0.3 is 20.5 Å². The smallest absolute Gasteiger partial charge is 0.218 e. The summed E-state index contributed by atoms with van der Waals surface area (Å²) < 4.78 is 5.52. The van der Waals surface area contributed by atoms with Crippen LogP contribution in [0.25, 0.3) is 33.0 Å². The number of aromatic nitrogens is 2. The van der Waals surface area contributed by atoms with Crippen molar-refractivity contribution in [2.45, 2.75) is 19.5 Å². The molecule has 1 aliphatic rings. The average molecular weight is 542 g/mol. The number of halogens is 2. The molecule has 0 fully saturated rings. The number of rotatable bonds is 8. The lowest BCUT2D eigenvalue weighted by Crippen LogP contribution is -2.22. The number of nitrogens with zero attached hydrogens (tertiary/aromatic N) is 2. The highest BCUT2D eigenvalue weighted by Gasteiger charge is 2.20. The van der Waals surface area contributed by atoms with Crippen LogP contribution in [-0.2, 0) is 19.5 Å². The minimum Gasteiger partial charge on any atom is -0.481 e. The molecule has 0 spiro atoms. The molecule has 0 amide bonds. The van der Waals surface area contributed by atoms with Gasteiger partial charge in [-0.05, 0) is 6.07 Å². The van der Waals surface area contributed by atoms with Crippen molar-refractivity contribution in [3.05, 3.63) is 74.7 Å². The maximum atomic E-state index is 9.01. The Hall–Kier alpha value is -2.52. The summed E-state index contributed by atoms with van der Waals surface area (Å²) in [5.74, 6) is 0.515. The number of thiazole rings is 1. The largest absolute Gasteiger partial charge is 0.481 e. The first-order valence-electron chi connectivity index (χ1n) is 11.7. The number of aliphatic hydroxyl groups excluding tert-OH is 1. The van der Waals surface area contributed by atoms with E-state index in [1.54, 1.807) is 18.4 Å². The lowest BCUT2D eigenvalue weighted by molar-refractivity contribution is 0.291. The third-order valence-electron chi connectivity index (χ3n) is 6.13. The maximum absolute atomic E-state index is 9.01. The molecule has 2 aromatic heterocycles. The number of methoxy groups -OCH3 is 1. The number of benzene rings is 2. The molecular formula is C27H26Cl2N4O2S. The minimum atomic E-state index is 0.0715. The summed E-state index contributed by atoms with van der Waals surface area (Å²) in [6.45, 7) is 2.92. The Morgan fingerprint density at radius 2 is 1.72 bits per heavy atom. The Labute approximate surface area is 224 Å². The first kappa shape index (κ1) is 25.1. The second-order valence-electron chi connectivity index (χ2n) is 8.42. The van der Waals surface area contributed by atoms with Gasteiger partial charge in [0.25, 0.3) is 0 Å². The molecule has 3 heterocycles. The van der Waals surface area contributed by atoms with Crippen molar-refractivity contribution in [3.63, 3.8) is 0 Å². The number of nitrogens with one attached hydrogen (secondary N) is 2. The Bertz CT molecular complexity index is 1370. The number of aliphatic hydroxyl groups is 1. The molecule has 0 bridgehead atoms. The van der Waals surface area contributed by atoms with Crippen LogP contribution in [-0.4, -0.2) is 41.9 Å². The molecule has 0 saturated carbocycles. The van der Waals surface area contributed by atoms with E-state index in [1.807, 2.05) is 48.5 Å². The van der Waals surface area contributed by atoms with Gasteiger partial charge in [0.15, 0.2) is 0 Å². The van der Waals surface area contributed by atoms with Crippen LogP contribution in [0.3, 0.4) is 0 Å². The van der Waals surface area contributed by atoms with Crippen LogP contribution < -0.4 is 15.4 Å². The van der Waals surface area contributed by atoms with Gasteiger partial charge in [0.05, 0.1) is 35.1 Å². The van der Waals surface area contributed by atoms with E-state index < -0.39 is 0 Å². The fourth-order valence-electron chi connectivity index (χ4n) is 4.32. The number of pyridine rings is 1. The Kier molecular flexibility index (Phi) is 7.86. The third kappa shape index (κ3) is 5.00. The normalized spacial score (nSPS) is 13.0. The highest BCUT2D eigenvalue weighted by molar-refractivity contribution is 7.15. The Balaban J connectivity index is 1.51. The first-order valence-corrected chi connectivity index (χ1v) is 13.3. The van der Waals surface area contributed by atoms with E-state index >= 15 is 0 Å². The third-order valence-corrected chi connectivity index (χ3v) is 8.08. The Morgan fingerprint density at radius 1 is 1.00 bits per heavy atom. The minimum absolute atomic E-state index is 0.0715. The molecule has 4 aromatic rings. The molecule has 2 aromatic carbocycles. The summed E-state index contributed by atoms with van der Waals surface area (Å²) in [7, 11) is 1.59. The van der Waals surface area contributed by atoms with Crippen molar-refractivity contribution < 1.29 is 9.84 Å². The predicted molar refractivity (Wildman–Crippen MR) is 147 cm³/mol. The van der Waals surface area contributed by atoms with Crippen LogP contribution in [0.15, 0.2) is 48.5 Å². The van der Waals surface area contributed by atoms with Crippen LogP contribution in [0.4, 0.5) is 0 Å². The average Bonchev–Trinajstić information content (AvgIpc) is 3.34. The topological polar surface area (TPSA) is 79.3 Å². The maximum Gasteiger partial charge on any atom is 0.218 e. The fraction of sp³-hybridized carbons (Fsp3) is 0.259. The van der Waals surface area contributed by atoms with E-state index in [4.69, 9.17) is 43.0 Å². The van der Waals surface area contributed by atoms with Crippen molar-refractivity contribution in [1.29, 1.82) is 0 Å². The van der Waals surface area contributed by atoms with Gasteiger partial charge in [0, 0.05) is 65.3 Å². The van der Waals surface area contributed by atoms with Crippen molar-refractivity contribution in [1.82, 2.24) is 20.6 Å². The lowest BCUT2D eigenvalue weighted by atomic mass is 9.99. The van der Waals surface area contributed by atoms with Crippen molar-refractivity contribution in [2.24, 2.45) is 0 Å². The van der Waals surface area contributed by atoms with E-state index in [0.717, 1.165) is 58.0 Å². The zero-order valence-corrected chi connectivity index (χ0v) is 22.1. The van der Waals surface area contributed by atoms with Crippen molar-refractivity contribution in [3.8, 4) is 38.8 Å². The van der Waals surface area contributed by atoms with E-state index in [9.17, 15) is 0 Å². The molecule has 9 heteroatoms. The molecule has 0 atom stereocenters. The highest BCUT2D eigenvalue weighted by Crippen LogP contribution is 2.43. The zero-order chi connectivity index (χ0) is 25.1. The van der Waals surface area contributed by atoms with Crippen LogP contribution >= 0.6 is 34.5 Å². The summed E-state index contributed by atoms with van der Waals surface area (Å²) in [5.41, 5.74) is 6.15. The summed E-state index contributed by atoms with van der Waals surface area (Å²) in [5, 5.41) is 17.7. The molecule has 3 N–H and O–H groups in total. The van der Waals surface area contributed by atoms with Gasteiger partial charge in [0.2, 0.25) is 5.88 Å². The zero-order valence-electron chi connectivity index (χ0n) is 19.8. The van der Waals surface area contributed by atoms with Crippen LogP contribution in [0.5, 0.6) is 5.88 Å². The summed E-state index contributed by atoms with van der Waals surface area (Å²) in [6, 6.07) is 15.7. The van der Waals surface area contributed by atoms with Gasteiger partial charge in [0.1, 0.15) is 5.01 Å². The standard InChI is InChI=1S/C27H26Cl2N4O2S/c1-35-26-16(14-31-12-13-34)8-9-21(32-26)19-6-2-4-17(24(19)28)18-5-3-7-20(25(18)29)27-33-22-10-11-30-15-23(22)36-27/h2-9,30-31,34H,10-15H2,1H3. The number of fused-ring (bicyclic) bond motifs is 1. The second kappa shape index (κ2) is 11.3. The monoisotopic (exact) mass is 540 g/mol. The predicted octanol–water partition coefficient (Wildman–Crippen LogP) is 5.58. The number of hydrogen-bond donors (Lipinski definition) is 3. The van der Waals surface area contributed by atoms with Crippen molar-refractivity contribution >= 4 is 34.5 Å². The van der Waals surface area contributed by atoms with E-state index in [0.29, 0.717) is 34.7 Å². The molecule has 186 valence electrons. The lowest BCUT2D eigenvalue weighted by Gasteiger charge is -2.14. The molecule has 0 aliphatic carbocycles. The van der Waals surface area contributed by atoms with Crippen molar-refractivity contribution in [2.75, 3.05) is 26.8 Å². The van der Waals surface area contributed by atoms with Gasteiger partial charge >= 0.3 is 0 Å². The second-order valence-corrected chi connectivity index (χ2v) is 10.3. The molecular weight excluding hydrogens is 515 g/mol. The van der Waals surface area contributed by atoms with E-state index in [-0.39, 0.29) is 6.61 Å². The van der Waals surface area contributed by atoms with Crippen LogP contribution in [0.2, 0.25) is 10.0 Å². The van der Waals surface area contributed by atoms with Gasteiger partial charge in [-0.2, -0.15) is 0 Å². The van der Waals surface area contributed by atoms with Gasteiger partial charge in [-0.1, -0.05) is 65.7 Å². The van der Waals surface area contributed by atoms with Gasteiger partial charge in [-0.15, -0.1) is 11.3 Å². The van der Waals surface area contributed by atoms with Gasteiger partial charge in [-0.3, -0.25) is 0 Å². The number of ether oxygens (including phenoxy) is 1. The Morgan fingerprint density at radius 3 is 2.44 bits per heavy atom. The quantitative estimate of drug-likeness (QED) is 0.253. The molecule has 1 aliphatic heterocycles. The molecule has 0 radical (unpaired) electrons.